The maximum Gasteiger partial charge on any atom is 0.169 e. The zero-order valence-electron chi connectivity index (χ0n) is 12.1. The lowest BCUT2D eigenvalue weighted by Crippen LogP contribution is -2.47. The highest BCUT2D eigenvalue weighted by molar-refractivity contribution is 8.01. The van der Waals surface area contributed by atoms with Crippen LogP contribution in [0.3, 0.4) is 0 Å². The van der Waals surface area contributed by atoms with Crippen molar-refractivity contribution in [2.24, 2.45) is 0 Å². The van der Waals surface area contributed by atoms with Crippen LogP contribution in [0.2, 0.25) is 0 Å². The Balaban J connectivity index is 2.33. The number of rotatable bonds is 4. The van der Waals surface area contributed by atoms with Crippen molar-refractivity contribution in [2.75, 3.05) is 36.3 Å². The summed E-state index contributed by atoms with van der Waals surface area (Å²) in [5.74, 6) is 2.34. The number of anilines is 1. The summed E-state index contributed by atoms with van der Waals surface area (Å²) in [6.07, 6.45) is 3.13. The van der Waals surface area contributed by atoms with Crippen LogP contribution in [0.1, 0.15) is 11.1 Å². The van der Waals surface area contributed by atoms with Crippen molar-refractivity contribution in [3.05, 3.63) is 23.4 Å². The van der Waals surface area contributed by atoms with E-state index in [9.17, 15) is 8.42 Å². The van der Waals surface area contributed by atoms with E-state index in [1.54, 1.807) is 11.8 Å². The van der Waals surface area contributed by atoms with E-state index >= 15 is 0 Å². The Labute approximate surface area is 125 Å². The number of pyridine rings is 1. The van der Waals surface area contributed by atoms with Crippen LogP contribution < -0.4 is 10.2 Å². The quantitative estimate of drug-likeness (QED) is 0.895. The third kappa shape index (κ3) is 3.45. The van der Waals surface area contributed by atoms with Crippen molar-refractivity contribution >= 4 is 27.4 Å². The van der Waals surface area contributed by atoms with Gasteiger partial charge in [0.1, 0.15) is 11.2 Å². The van der Waals surface area contributed by atoms with E-state index < -0.39 is 15.2 Å². The van der Waals surface area contributed by atoms with Gasteiger partial charge >= 0.3 is 0 Å². The first-order chi connectivity index (χ1) is 9.43. The van der Waals surface area contributed by atoms with Crippen molar-refractivity contribution < 1.29 is 8.42 Å². The summed E-state index contributed by atoms with van der Waals surface area (Å²) in [5.41, 5.74) is 2.13. The topological polar surface area (TPSA) is 62.3 Å². The second-order valence-electron chi connectivity index (χ2n) is 5.07. The number of aryl methyl sites for hydroxylation is 1. The molecule has 2 heterocycles. The predicted octanol–water partition coefficient (Wildman–Crippen LogP) is 1.03. The van der Waals surface area contributed by atoms with E-state index in [-0.39, 0.29) is 0 Å². The summed E-state index contributed by atoms with van der Waals surface area (Å²) in [6, 6.07) is 2.07. The lowest BCUT2D eigenvalue weighted by molar-refractivity contribution is 0.583. The van der Waals surface area contributed by atoms with E-state index in [0.29, 0.717) is 5.75 Å². The molecule has 2 rings (SSSR count). The van der Waals surface area contributed by atoms with E-state index in [4.69, 9.17) is 0 Å². The average molecular weight is 315 g/mol. The SMILES string of the molecule is CNCc1cnc(N2CCSCC2S(C)(=O)=O)c(C)c1. The van der Waals surface area contributed by atoms with Gasteiger partial charge in [-0.1, -0.05) is 0 Å². The zero-order chi connectivity index (χ0) is 14.8. The molecule has 0 spiro atoms. The maximum absolute atomic E-state index is 12.0. The molecule has 1 atom stereocenters. The number of hydrogen-bond donors (Lipinski definition) is 1. The van der Waals surface area contributed by atoms with Crippen LogP contribution in [0.5, 0.6) is 0 Å². The molecule has 1 N–H and O–H groups in total. The van der Waals surface area contributed by atoms with Gasteiger partial charge in [-0.25, -0.2) is 13.4 Å². The van der Waals surface area contributed by atoms with Gasteiger partial charge in [-0.05, 0) is 31.2 Å². The summed E-state index contributed by atoms with van der Waals surface area (Å²) in [4.78, 5) is 6.43. The van der Waals surface area contributed by atoms with Crippen LogP contribution in [-0.2, 0) is 16.4 Å². The first-order valence-corrected chi connectivity index (χ1v) is 9.68. The van der Waals surface area contributed by atoms with Crippen LogP contribution in [0.25, 0.3) is 0 Å². The zero-order valence-corrected chi connectivity index (χ0v) is 13.7. The smallest absolute Gasteiger partial charge is 0.169 e. The molecule has 1 aromatic rings. The molecule has 5 nitrogen and oxygen atoms in total. The molecular weight excluding hydrogens is 294 g/mol. The van der Waals surface area contributed by atoms with Crippen LogP contribution in [0, 0.1) is 6.92 Å². The number of nitrogens with one attached hydrogen (secondary N) is 1. The van der Waals surface area contributed by atoms with Crippen molar-refractivity contribution in [2.45, 2.75) is 18.8 Å². The standard InChI is InChI=1S/C13H21N3O2S2/c1-10-6-11(7-14-2)8-15-13(10)16-4-5-19-9-12(16)20(3,17)18/h6,8,12,14H,4-5,7,9H2,1-3H3. The molecule has 7 heteroatoms. The predicted molar refractivity (Wildman–Crippen MR) is 85.0 cm³/mol. The molecule has 112 valence electrons. The minimum Gasteiger partial charge on any atom is -0.338 e. The average Bonchev–Trinajstić information content (AvgIpc) is 2.38. The second-order valence-corrected chi connectivity index (χ2v) is 8.42. The van der Waals surface area contributed by atoms with Gasteiger partial charge < -0.3 is 10.2 Å². The van der Waals surface area contributed by atoms with Gasteiger partial charge in [0.05, 0.1) is 0 Å². The second kappa shape index (κ2) is 6.32. The fourth-order valence-corrected chi connectivity index (χ4v) is 5.22. The number of hydrogen-bond acceptors (Lipinski definition) is 6. The Kier molecular flexibility index (Phi) is 4.93. The van der Waals surface area contributed by atoms with Crippen molar-refractivity contribution in [3.8, 4) is 0 Å². The number of thioether (sulfide) groups is 1. The lowest BCUT2D eigenvalue weighted by Gasteiger charge is -2.35. The van der Waals surface area contributed by atoms with Gasteiger partial charge in [0.25, 0.3) is 0 Å². The molecule has 0 bridgehead atoms. The van der Waals surface area contributed by atoms with Crippen LogP contribution in [0.15, 0.2) is 12.3 Å². The minimum atomic E-state index is -3.11. The summed E-state index contributed by atoms with van der Waals surface area (Å²) in [6.45, 7) is 3.48. The Morgan fingerprint density at radius 2 is 2.30 bits per heavy atom. The van der Waals surface area contributed by atoms with E-state index in [1.165, 1.54) is 6.26 Å². The number of aromatic nitrogens is 1. The molecule has 20 heavy (non-hydrogen) atoms. The van der Waals surface area contributed by atoms with E-state index in [2.05, 4.69) is 16.4 Å². The first-order valence-electron chi connectivity index (χ1n) is 6.57. The van der Waals surface area contributed by atoms with E-state index in [0.717, 1.165) is 35.8 Å². The molecule has 1 aliphatic rings. The van der Waals surface area contributed by atoms with Crippen LogP contribution in [-0.4, -0.2) is 50.1 Å². The fourth-order valence-electron chi connectivity index (χ4n) is 2.41. The molecule has 1 aliphatic heterocycles. The molecule has 1 aromatic heterocycles. The Morgan fingerprint density at radius 1 is 1.55 bits per heavy atom. The maximum atomic E-state index is 12.0. The largest absolute Gasteiger partial charge is 0.338 e. The third-order valence-corrected chi connectivity index (χ3v) is 5.98. The normalized spacial score (nSPS) is 20.1. The van der Waals surface area contributed by atoms with Crippen LogP contribution >= 0.6 is 11.8 Å². The highest BCUT2D eigenvalue weighted by Gasteiger charge is 2.32. The molecule has 0 aromatic carbocycles. The summed E-state index contributed by atoms with van der Waals surface area (Å²) in [7, 11) is -1.21. The summed E-state index contributed by atoms with van der Waals surface area (Å²) >= 11 is 1.69. The molecule has 1 saturated heterocycles. The molecule has 0 aliphatic carbocycles. The molecule has 1 unspecified atom stereocenters. The fraction of sp³-hybridized carbons (Fsp3) is 0.615. The van der Waals surface area contributed by atoms with Gasteiger partial charge in [-0.2, -0.15) is 11.8 Å². The Bertz CT molecular complexity index is 575. The molecule has 1 fully saturated rings. The van der Waals surface area contributed by atoms with Crippen molar-refractivity contribution in [1.29, 1.82) is 0 Å². The minimum absolute atomic E-state index is 0.470. The molecule has 0 saturated carbocycles. The highest BCUT2D eigenvalue weighted by Crippen LogP contribution is 2.27. The third-order valence-electron chi connectivity index (χ3n) is 3.34. The molecule has 0 radical (unpaired) electrons. The highest BCUT2D eigenvalue weighted by atomic mass is 32.2. The Morgan fingerprint density at radius 3 is 2.90 bits per heavy atom. The monoisotopic (exact) mass is 315 g/mol. The number of sulfone groups is 1. The van der Waals surface area contributed by atoms with Gasteiger partial charge in [-0.15, -0.1) is 0 Å². The Hall–Kier alpha value is -0.790. The summed E-state index contributed by atoms with van der Waals surface area (Å²) < 4.78 is 23.9. The van der Waals surface area contributed by atoms with Gasteiger partial charge in [-0.3, -0.25) is 0 Å². The molecule has 0 amide bonds. The number of nitrogens with zero attached hydrogens (tertiary/aromatic N) is 2. The van der Waals surface area contributed by atoms with Crippen molar-refractivity contribution in [3.63, 3.8) is 0 Å². The van der Waals surface area contributed by atoms with Gasteiger partial charge in [0.15, 0.2) is 9.84 Å². The van der Waals surface area contributed by atoms with Gasteiger partial charge in [0.2, 0.25) is 0 Å². The van der Waals surface area contributed by atoms with Gasteiger partial charge in [0, 0.05) is 37.0 Å². The lowest BCUT2D eigenvalue weighted by atomic mass is 10.2. The van der Waals surface area contributed by atoms with Crippen molar-refractivity contribution in [1.82, 2.24) is 10.3 Å². The molecular formula is C13H21N3O2S2. The van der Waals surface area contributed by atoms with Crippen LogP contribution in [0.4, 0.5) is 5.82 Å². The summed E-state index contributed by atoms with van der Waals surface area (Å²) in [5, 5.41) is 2.62. The van der Waals surface area contributed by atoms with E-state index in [1.807, 2.05) is 25.1 Å². The first kappa shape index (κ1) is 15.6.